The molecular formula is C16H11N3O5S. The van der Waals surface area contributed by atoms with E-state index in [1.54, 1.807) is 17.5 Å². The average Bonchev–Trinajstić information content (AvgIpc) is 3.07. The molecular weight excluding hydrogens is 346 g/mol. The smallest absolute Gasteiger partial charge is 0.331 e. The molecule has 126 valence electrons. The third kappa shape index (κ3) is 3.96. The highest BCUT2D eigenvalue weighted by molar-refractivity contribution is 7.17. The standard InChI is InChI=1S/C16H11N3O5S/c20-14(5-4-10-2-1-3-11(8-10)19(22)23)24-9-13-17-12-6-7-25-15(12)16(21)18-13/h1-8H,9H2,(H,17,18,21)/b5-4+. The number of aromatic amines is 1. The largest absolute Gasteiger partial charge is 0.454 e. The van der Waals surface area contributed by atoms with Crippen LogP contribution in [0.5, 0.6) is 0 Å². The van der Waals surface area contributed by atoms with E-state index in [9.17, 15) is 19.7 Å². The molecule has 0 saturated carbocycles. The molecule has 9 heteroatoms. The topological polar surface area (TPSA) is 115 Å². The van der Waals surface area contributed by atoms with Gasteiger partial charge >= 0.3 is 5.97 Å². The number of carbonyl (C=O) groups is 1. The Balaban J connectivity index is 1.65. The summed E-state index contributed by atoms with van der Waals surface area (Å²) in [6.07, 6.45) is 2.56. The fraction of sp³-hybridized carbons (Fsp3) is 0.0625. The van der Waals surface area contributed by atoms with Gasteiger partial charge < -0.3 is 9.72 Å². The molecule has 0 radical (unpaired) electrons. The summed E-state index contributed by atoms with van der Waals surface area (Å²) < 4.78 is 5.53. The van der Waals surface area contributed by atoms with Crippen LogP contribution in [0.4, 0.5) is 5.69 Å². The lowest BCUT2D eigenvalue weighted by Gasteiger charge is -2.01. The van der Waals surface area contributed by atoms with Crippen molar-refractivity contribution in [1.82, 2.24) is 9.97 Å². The molecule has 0 fully saturated rings. The zero-order valence-electron chi connectivity index (χ0n) is 12.7. The lowest BCUT2D eigenvalue weighted by atomic mass is 10.2. The Hall–Kier alpha value is -3.33. The number of nitrogens with one attached hydrogen (secondary N) is 1. The lowest BCUT2D eigenvalue weighted by molar-refractivity contribution is -0.384. The minimum atomic E-state index is -0.653. The molecule has 25 heavy (non-hydrogen) atoms. The fourth-order valence-electron chi connectivity index (χ4n) is 2.08. The summed E-state index contributed by atoms with van der Waals surface area (Å²) in [6.45, 7) is -0.181. The number of fused-ring (bicyclic) bond motifs is 1. The van der Waals surface area contributed by atoms with Crippen molar-refractivity contribution in [3.05, 3.63) is 73.6 Å². The number of carbonyl (C=O) groups excluding carboxylic acids is 1. The highest BCUT2D eigenvalue weighted by Crippen LogP contribution is 2.15. The molecule has 1 aromatic carbocycles. The van der Waals surface area contributed by atoms with Crippen LogP contribution in [0.3, 0.4) is 0 Å². The van der Waals surface area contributed by atoms with Gasteiger partial charge in [-0.25, -0.2) is 9.78 Å². The Kier molecular flexibility index (Phi) is 4.66. The van der Waals surface area contributed by atoms with Crippen molar-refractivity contribution >= 4 is 39.3 Å². The Labute approximate surface area is 144 Å². The van der Waals surface area contributed by atoms with Crippen LogP contribution in [0.1, 0.15) is 11.4 Å². The Bertz CT molecular complexity index is 1040. The number of nitro benzene ring substituents is 1. The second-order valence-electron chi connectivity index (χ2n) is 4.94. The first kappa shape index (κ1) is 16.5. The molecule has 0 amide bonds. The molecule has 0 aliphatic carbocycles. The molecule has 0 spiro atoms. The van der Waals surface area contributed by atoms with Crippen molar-refractivity contribution in [2.24, 2.45) is 0 Å². The Morgan fingerprint density at radius 3 is 3.04 bits per heavy atom. The molecule has 0 atom stereocenters. The predicted molar refractivity (Wildman–Crippen MR) is 92.2 cm³/mol. The Morgan fingerprint density at radius 1 is 1.40 bits per heavy atom. The summed E-state index contributed by atoms with van der Waals surface area (Å²) in [5.74, 6) is -0.410. The van der Waals surface area contributed by atoms with Crippen LogP contribution in [-0.2, 0) is 16.1 Å². The van der Waals surface area contributed by atoms with Gasteiger partial charge in [-0.2, -0.15) is 0 Å². The number of nitro groups is 1. The van der Waals surface area contributed by atoms with E-state index in [4.69, 9.17) is 4.74 Å². The van der Waals surface area contributed by atoms with E-state index in [-0.39, 0.29) is 23.7 Å². The average molecular weight is 357 g/mol. The molecule has 0 saturated heterocycles. The van der Waals surface area contributed by atoms with Crippen molar-refractivity contribution in [2.75, 3.05) is 0 Å². The number of rotatable bonds is 5. The van der Waals surface area contributed by atoms with Crippen molar-refractivity contribution < 1.29 is 14.5 Å². The van der Waals surface area contributed by atoms with Crippen LogP contribution in [-0.4, -0.2) is 20.9 Å². The van der Waals surface area contributed by atoms with E-state index in [0.29, 0.717) is 15.8 Å². The maximum absolute atomic E-state index is 11.8. The maximum atomic E-state index is 11.8. The van der Waals surface area contributed by atoms with Crippen molar-refractivity contribution in [3.8, 4) is 0 Å². The van der Waals surface area contributed by atoms with Gasteiger partial charge in [0.2, 0.25) is 0 Å². The SMILES string of the molecule is O=C(/C=C/c1cccc([N+](=O)[O-])c1)OCc1nc2ccsc2c(=O)[nH]1. The van der Waals surface area contributed by atoms with E-state index in [0.717, 1.165) is 6.08 Å². The van der Waals surface area contributed by atoms with Gasteiger partial charge in [0.25, 0.3) is 11.2 Å². The number of nitrogens with zero attached hydrogens (tertiary/aromatic N) is 2. The number of H-pyrrole nitrogens is 1. The van der Waals surface area contributed by atoms with Crippen molar-refractivity contribution in [2.45, 2.75) is 6.61 Å². The monoisotopic (exact) mass is 357 g/mol. The van der Waals surface area contributed by atoms with Crippen LogP contribution in [0.2, 0.25) is 0 Å². The van der Waals surface area contributed by atoms with E-state index >= 15 is 0 Å². The van der Waals surface area contributed by atoms with Crippen LogP contribution < -0.4 is 5.56 Å². The van der Waals surface area contributed by atoms with Crippen LogP contribution in [0.25, 0.3) is 16.3 Å². The minimum absolute atomic E-state index is 0.0682. The van der Waals surface area contributed by atoms with E-state index in [1.165, 1.54) is 35.6 Å². The number of ether oxygens (including phenoxy) is 1. The molecule has 2 heterocycles. The highest BCUT2D eigenvalue weighted by Gasteiger charge is 2.07. The zero-order valence-corrected chi connectivity index (χ0v) is 13.5. The lowest BCUT2D eigenvalue weighted by Crippen LogP contribution is -2.12. The van der Waals surface area contributed by atoms with Gasteiger partial charge in [0, 0.05) is 18.2 Å². The summed E-state index contributed by atoms with van der Waals surface area (Å²) >= 11 is 1.28. The van der Waals surface area contributed by atoms with Gasteiger partial charge in [-0.3, -0.25) is 14.9 Å². The fourth-order valence-corrected chi connectivity index (χ4v) is 2.81. The molecule has 0 aliphatic heterocycles. The van der Waals surface area contributed by atoms with Gasteiger partial charge in [0.1, 0.15) is 17.1 Å². The van der Waals surface area contributed by atoms with Crippen LogP contribution in [0, 0.1) is 10.1 Å². The number of thiophene rings is 1. The second-order valence-corrected chi connectivity index (χ2v) is 5.86. The summed E-state index contributed by atoms with van der Waals surface area (Å²) in [5, 5.41) is 12.5. The molecule has 2 aromatic heterocycles. The molecule has 1 N–H and O–H groups in total. The number of hydrogen-bond acceptors (Lipinski definition) is 7. The maximum Gasteiger partial charge on any atom is 0.331 e. The molecule has 0 bridgehead atoms. The number of hydrogen-bond donors (Lipinski definition) is 1. The third-order valence-corrected chi connectivity index (χ3v) is 4.11. The minimum Gasteiger partial charge on any atom is -0.454 e. The molecule has 0 aliphatic rings. The van der Waals surface area contributed by atoms with Gasteiger partial charge in [-0.05, 0) is 23.1 Å². The van der Waals surface area contributed by atoms with Gasteiger partial charge in [0.05, 0.1) is 10.4 Å². The van der Waals surface area contributed by atoms with E-state index in [2.05, 4.69) is 9.97 Å². The van der Waals surface area contributed by atoms with Crippen LogP contribution >= 0.6 is 11.3 Å². The first-order chi connectivity index (χ1) is 12.0. The second kappa shape index (κ2) is 7.05. The highest BCUT2D eigenvalue weighted by atomic mass is 32.1. The summed E-state index contributed by atoms with van der Waals surface area (Å²) in [7, 11) is 0. The normalized spacial score (nSPS) is 11.0. The van der Waals surface area contributed by atoms with E-state index < -0.39 is 10.9 Å². The number of non-ortho nitro benzene ring substituents is 1. The molecule has 3 aromatic rings. The summed E-state index contributed by atoms with van der Waals surface area (Å²) in [4.78, 5) is 40.5. The predicted octanol–water partition coefficient (Wildman–Crippen LogP) is 2.65. The number of benzene rings is 1. The molecule has 3 rings (SSSR count). The van der Waals surface area contributed by atoms with Crippen LogP contribution in [0.15, 0.2) is 46.6 Å². The zero-order chi connectivity index (χ0) is 17.8. The van der Waals surface area contributed by atoms with Gasteiger partial charge in [0.15, 0.2) is 0 Å². The first-order valence-electron chi connectivity index (χ1n) is 7.08. The number of esters is 1. The van der Waals surface area contributed by atoms with Gasteiger partial charge in [-0.1, -0.05) is 12.1 Å². The Morgan fingerprint density at radius 2 is 2.24 bits per heavy atom. The number of aromatic nitrogens is 2. The van der Waals surface area contributed by atoms with Crippen molar-refractivity contribution in [3.63, 3.8) is 0 Å². The van der Waals surface area contributed by atoms with Gasteiger partial charge in [-0.15, -0.1) is 11.3 Å². The summed E-state index contributed by atoms with van der Waals surface area (Å²) in [6, 6.07) is 7.56. The molecule has 0 unspecified atom stereocenters. The third-order valence-electron chi connectivity index (χ3n) is 3.21. The quantitative estimate of drug-likeness (QED) is 0.325. The molecule has 8 nitrogen and oxygen atoms in total. The first-order valence-corrected chi connectivity index (χ1v) is 7.96. The van der Waals surface area contributed by atoms with E-state index in [1.807, 2.05) is 0 Å². The van der Waals surface area contributed by atoms with Crippen molar-refractivity contribution in [1.29, 1.82) is 0 Å². The summed E-state index contributed by atoms with van der Waals surface area (Å²) in [5.41, 5.74) is 0.698.